The second-order valence-corrected chi connectivity index (χ2v) is 3.84. The zero-order chi connectivity index (χ0) is 9.80. The number of nitrogens with zero attached hydrogens (tertiary/aromatic N) is 2. The number of hydrogen-bond acceptors (Lipinski definition) is 4. The van der Waals surface area contributed by atoms with Gasteiger partial charge in [0.2, 0.25) is 0 Å². The number of aromatic nitrogens is 1. The van der Waals surface area contributed by atoms with E-state index in [9.17, 15) is 5.11 Å². The Morgan fingerprint density at radius 1 is 1.50 bits per heavy atom. The third-order valence-electron chi connectivity index (χ3n) is 2.66. The Hall–Kier alpha value is -0.870. The summed E-state index contributed by atoms with van der Waals surface area (Å²) in [6.07, 6.45) is 4.41. The van der Waals surface area contributed by atoms with E-state index in [0.29, 0.717) is 0 Å². The molecule has 1 aliphatic heterocycles. The van der Waals surface area contributed by atoms with Crippen molar-refractivity contribution in [3.05, 3.63) is 18.0 Å². The third-order valence-corrected chi connectivity index (χ3v) is 2.66. The number of rotatable bonds is 2. The van der Waals surface area contributed by atoms with E-state index in [4.69, 9.17) is 4.52 Å². The fourth-order valence-electron chi connectivity index (χ4n) is 1.84. The number of aliphatic hydroxyl groups excluding tert-OH is 1. The van der Waals surface area contributed by atoms with Crippen LogP contribution < -0.4 is 0 Å². The van der Waals surface area contributed by atoms with Gasteiger partial charge < -0.3 is 9.63 Å². The largest absolute Gasteiger partial charge is 0.393 e. The molecule has 1 aromatic rings. The molecular weight excluding hydrogens is 180 g/mol. The minimum absolute atomic E-state index is 0.116. The van der Waals surface area contributed by atoms with Gasteiger partial charge >= 0.3 is 0 Å². The Bertz CT molecular complexity index is 261. The van der Waals surface area contributed by atoms with Crippen LogP contribution in [0.4, 0.5) is 0 Å². The van der Waals surface area contributed by atoms with E-state index in [1.165, 1.54) is 0 Å². The summed E-state index contributed by atoms with van der Waals surface area (Å²) in [4.78, 5) is 2.30. The van der Waals surface area contributed by atoms with Gasteiger partial charge in [-0.25, -0.2) is 0 Å². The topological polar surface area (TPSA) is 49.5 Å². The molecule has 0 saturated carbocycles. The summed E-state index contributed by atoms with van der Waals surface area (Å²) in [5, 5.41) is 13.1. The van der Waals surface area contributed by atoms with E-state index in [1.54, 1.807) is 6.20 Å². The Kier molecular flexibility index (Phi) is 3.16. The van der Waals surface area contributed by atoms with Gasteiger partial charge in [0.15, 0.2) is 5.76 Å². The molecule has 2 heterocycles. The van der Waals surface area contributed by atoms with Crippen molar-refractivity contribution in [1.29, 1.82) is 0 Å². The van der Waals surface area contributed by atoms with Crippen LogP contribution in [0.2, 0.25) is 0 Å². The quantitative estimate of drug-likeness (QED) is 0.767. The summed E-state index contributed by atoms with van der Waals surface area (Å²) in [7, 11) is 0. The molecule has 1 aromatic heterocycles. The predicted octanol–water partition coefficient (Wildman–Crippen LogP) is 1.02. The summed E-state index contributed by atoms with van der Waals surface area (Å²) >= 11 is 0. The van der Waals surface area contributed by atoms with Gasteiger partial charge in [0.25, 0.3) is 0 Å². The highest BCUT2D eigenvalue weighted by Crippen LogP contribution is 2.13. The van der Waals surface area contributed by atoms with Crippen molar-refractivity contribution in [1.82, 2.24) is 10.1 Å². The first kappa shape index (κ1) is 9.68. The van der Waals surface area contributed by atoms with Crippen molar-refractivity contribution >= 4 is 0 Å². The molecule has 1 saturated heterocycles. The Morgan fingerprint density at radius 3 is 3.21 bits per heavy atom. The van der Waals surface area contributed by atoms with Gasteiger partial charge in [0.05, 0.1) is 18.8 Å². The molecule has 0 aliphatic carbocycles. The summed E-state index contributed by atoms with van der Waals surface area (Å²) in [5.74, 6) is 0.904. The van der Waals surface area contributed by atoms with Gasteiger partial charge in [-0.3, -0.25) is 4.90 Å². The van der Waals surface area contributed by atoms with Crippen molar-refractivity contribution in [3.63, 3.8) is 0 Å². The molecule has 0 spiro atoms. The van der Waals surface area contributed by atoms with Gasteiger partial charge in [-0.05, 0) is 25.8 Å². The average Bonchev–Trinajstić information content (AvgIpc) is 2.58. The fourth-order valence-corrected chi connectivity index (χ4v) is 1.84. The van der Waals surface area contributed by atoms with Crippen LogP contribution in [0.5, 0.6) is 0 Å². The molecule has 0 radical (unpaired) electrons. The van der Waals surface area contributed by atoms with Crippen LogP contribution in [0, 0.1) is 0 Å². The molecule has 1 fully saturated rings. The lowest BCUT2D eigenvalue weighted by molar-refractivity contribution is 0.153. The van der Waals surface area contributed by atoms with E-state index in [0.717, 1.165) is 44.7 Å². The van der Waals surface area contributed by atoms with Crippen LogP contribution in [0.15, 0.2) is 16.8 Å². The maximum absolute atomic E-state index is 9.47. The molecule has 4 heteroatoms. The zero-order valence-electron chi connectivity index (χ0n) is 8.22. The first-order valence-corrected chi connectivity index (χ1v) is 5.14. The molecular formula is C10H16N2O2. The molecule has 2 rings (SSSR count). The highest BCUT2D eigenvalue weighted by molar-refractivity contribution is 4.92. The van der Waals surface area contributed by atoms with Crippen molar-refractivity contribution in [3.8, 4) is 0 Å². The van der Waals surface area contributed by atoms with E-state index >= 15 is 0 Å². The lowest BCUT2D eigenvalue weighted by Crippen LogP contribution is -2.24. The average molecular weight is 196 g/mol. The summed E-state index contributed by atoms with van der Waals surface area (Å²) in [6.45, 7) is 2.80. The number of aliphatic hydroxyl groups is 1. The van der Waals surface area contributed by atoms with Gasteiger partial charge in [-0.2, -0.15) is 0 Å². The van der Waals surface area contributed by atoms with Crippen molar-refractivity contribution in [2.24, 2.45) is 0 Å². The van der Waals surface area contributed by atoms with Gasteiger partial charge in [-0.1, -0.05) is 5.16 Å². The molecule has 1 N–H and O–H groups in total. The van der Waals surface area contributed by atoms with Crippen molar-refractivity contribution in [2.45, 2.75) is 31.9 Å². The lowest BCUT2D eigenvalue weighted by atomic mass is 10.2. The summed E-state index contributed by atoms with van der Waals surface area (Å²) in [5.41, 5.74) is 0. The highest BCUT2D eigenvalue weighted by atomic mass is 16.5. The molecule has 1 atom stereocenters. The minimum Gasteiger partial charge on any atom is -0.393 e. The molecule has 1 aliphatic rings. The molecule has 0 amide bonds. The van der Waals surface area contributed by atoms with E-state index in [-0.39, 0.29) is 6.10 Å². The smallest absolute Gasteiger partial charge is 0.150 e. The predicted molar refractivity (Wildman–Crippen MR) is 51.6 cm³/mol. The van der Waals surface area contributed by atoms with Gasteiger partial charge in [0.1, 0.15) is 0 Å². The monoisotopic (exact) mass is 196 g/mol. The Labute approximate surface area is 83.5 Å². The van der Waals surface area contributed by atoms with Crippen LogP contribution in [-0.2, 0) is 6.54 Å². The molecule has 14 heavy (non-hydrogen) atoms. The zero-order valence-corrected chi connectivity index (χ0v) is 8.22. The maximum atomic E-state index is 9.47. The summed E-state index contributed by atoms with van der Waals surface area (Å²) < 4.78 is 5.05. The third kappa shape index (κ3) is 2.56. The maximum Gasteiger partial charge on any atom is 0.150 e. The van der Waals surface area contributed by atoms with Crippen LogP contribution in [-0.4, -0.2) is 34.4 Å². The first-order chi connectivity index (χ1) is 6.84. The van der Waals surface area contributed by atoms with E-state index < -0.39 is 0 Å². The second kappa shape index (κ2) is 4.57. The van der Waals surface area contributed by atoms with Gasteiger partial charge in [0, 0.05) is 12.6 Å². The molecule has 78 valence electrons. The van der Waals surface area contributed by atoms with Crippen molar-refractivity contribution < 1.29 is 9.63 Å². The van der Waals surface area contributed by atoms with Crippen LogP contribution >= 0.6 is 0 Å². The molecule has 0 bridgehead atoms. The lowest BCUT2D eigenvalue weighted by Gasteiger charge is -2.17. The fraction of sp³-hybridized carbons (Fsp3) is 0.700. The normalized spacial score (nSPS) is 24.8. The molecule has 1 unspecified atom stereocenters. The Morgan fingerprint density at radius 2 is 2.43 bits per heavy atom. The standard InChI is InChI=1S/C10H16N2O2/c13-9-2-1-6-12(7-4-9)8-10-3-5-11-14-10/h3,5,9,13H,1-2,4,6-8H2. The van der Waals surface area contributed by atoms with Gasteiger partial charge in [-0.15, -0.1) is 0 Å². The first-order valence-electron chi connectivity index (χ1n) is 5.14. The summed E-state index contributed by atoms with van der Waals surface area (Å²) in [6, 6.07) is 1.89. The minimum atomic E-state index is -0.116. The van der Waals surface area contributed by atoms with Crippen LogP contribution in [0.1, 0.15) is 25.0 Å². The number of hydrogen-bond donors (Lipinski definition) is 1. The number of likely N-dealkylation sites (tertiary alicyclic amines) is 1. The van der Waals surface area contributed by atoms with Crippen LogP contribution in [0.3, 0.4) is 0 Å². The molecule has 4 nitrogen and oxygen atoms in total. The Balaban J connectivity index is 1.86. The van der Waals surface area contributed by atoms with E-state index in [2.05, 4.69) is 10.1 Å². The highest BCUT2D eigenvalue weighted by Gasteiger charge is 2.15. The SMILES string of the molecule is OC1CCCN(Cc2ccno2)CC1. The van der Waals surface area contributed by atoms with Crippen LogP contribution in [0.25, 0.3) is 0 Å². The van der Waals surface area contributed by atoms with E-state index in [1.807, 2.05) is 6.07 Å². The molecule has 0 aromatic carbocycles. The second-order valence-electron chi connectivity index (χ2n) is 3.84. The van der Waals surface area contributed by atoms with Crippen molar-refractivity contribution in [2.75, 3.05) is 13.1 Å².